The summed E-state index contributed by atoms with van der Waals surface area (Å²) in [6, 6.07) is 5.60. The number of hydrogen-bond donors (Lipinski definition) is 1. The zero-order valence-electron chi connectivity index (χ0n) is 9.44. The first kappa shape index (κ1) is 12.7. The Bertz CT molecular complexity index is 515. The summed E-state index contributed by atoms with van der Waals surface area (Å²) in [7, 11) is -1.26. The van der Waals surface area contributed by atoms with Gasteiger partial charge in [-0.15, -0.1) is 0 Å². The maximum absolute atomic E-state index is 11.4. The van der Waals surface area contributed by atoms with Crippen molar-refractivity contribution in [3.8, 4) is 5.75 Å². The van der Waals surface area contributed by atoms with Gasteiger partial charge in [-0.2, -0.15) is 0 Å². The Hall–Kier alpha value is -0.750. The van der Waals surface area contributed by atoms with E-state index < -0.39 is 9.84 Å². The number of anilines is 1. The molecular formula is C11H14BrNO3S. The van der Waals surface area contributed by atoms with Crippen LogP contribution in [0.5, 0.6) is 5.75 Å². The largest absolute Gasteiger partial charge is 0.495 e. The SMILES string of the molecule is COc1ccc(Br)cc1NC1CCS(=O)(=O)C1. The highest BCUT2D eigenvalue weighted by atomic mass is 79.9. The van der Waals surface area contributed by atoms with E-state index in [1.165, 1.54) is 0 Å². The topological polar surface area (TPSA) is 55.4 Å². The summed E-state index contributed by atoms with van der Waals surface area (Å²) >= 11 is 3.38. The van der Waals surface area contributed by atoms with Gasteiger partial charge in [0.25, 0.3) is 0 Å². The normalized spacial score (nSPS) is 22.4. The lowest BCUT2D eigenvalue weighted by molar-refractivity contribution is 0.416. The van der Waals surface area contributed by atoms with Crippen LogP contribution in [0.3, 0.4) is 0 Å². The molecule has 94 valence electrons. The Labute approximate surface area is 109 Å². The molecule has 1 aromatic carbocycles. The summed E-state index contributed by atoms with van der Waals surface area (Å²) in [5, 5.41) is 3.22. The van der Waals surface area contributed by atoms with E-state index >= 15 is 0 Å². The zero-order chi connectivity index (χ0) is 12.5. The van der Waals surface area contributed by atoms with E-state index in [2.05, 4.69) is 21.2 Å². The predicted octanol–water partition coefficient (Wildman–Crippen LogP) is 2.06. The summed E-state index contributed by atoms with van der Waals surface area (Å²) < 4.78 is 28.9. The van der Waals surface area contributed by atoms with Crippen molar-refractivity contribution in [2.75, 3.05) is 23.9 Å². The third-order valence-electron chi connectivity index (χ3n) is 2.75. The van der Waals surface area contributed by atoms with Crippen LogP contribution < -0.4 is 10.1 Å². The van der Waals surface area contributed by atoms with Crippen molar-refractivity contribution < 1.29 is 13.2 Å². The van der Waals surface area contributed by atoms with E-state index in [1.807, 2.05) is 18.2 Å². The fourth-order valence-corrected chi connectivity index (χ4v) is 3.96. The highest BCUT2D eigenvalue weighted by Gasteiger charge is 2.28. The van der Waals surface area contributed by atoms with E-state index in [1.54, 1.807) is 7.11 Å². The molecule has 6 heteroatoms. The average Bonchev–Trinajstić information content (AvgIpc) is 2.58. The Balaban J connectivity index is 2.16. The summed E-state index contributed by atoms with van der Waals surface area (Å²) in [6.45, 7) is 0. The molecule has 2 rings (SSSR count). The number of halogens is 1. The lowest BCUT2D eigenvalue weighted by atomic mass is 10.2. The summed E-state index contributed by atoms with van der Waals surface area (Å²) in [5.41, 5.74) is 0.823. The Kier molecular flexibility index (Phi) is 3.63. The lowest BCUT2D eigenvalue weighted by Crippen LogP contribution is -2.20. The maximum Gasteiger partial charge on any atom is 0.152 e. The molecule has 1 unspecified atom stereocenters. The van der Waals surface area contributed by atoms with Crippen molar-refractivity contribution in [1.29, 1.82) is 0 Å². The van der Waals surface area contributed by atoms with E-state index in [9.17, 15) is 8.42 Å². The van der Waals surface area contributed by atoms with Crippen LogP contribution in [-0.2, 0) is 9.84 Å². The minimum Gasteiger partial charge on any atom is -0.495 e. The van der Waals surface area contributed by atoms with Crippen molar-refractivity contribution in [2.45, 2.75) is 12.5 Å². The van der Waals surface area contributed by atoms with Crippen LogP contribution in [0.1, 0.15) is 6.42 Å². The van der Waals surface area contributed by atoms with Crippen LogP contribution >= 0.6 is 15.9 Å². The third kappa shape index (κ3) is 3.13. The maximum atomic E-state index is 11.4. The van der Waals surface area contributed by atoms with Crippen molar-refractivity contribution >= 4 is 31.5 Å². The van der Waals surface area contributed by atoms with E-state index in [4.69, 9.17) is 4.74 Å². The van der Waals surface area contributed by atoms with Crippen molar-refractivity contribution in [2.24, 2.45) is 0 Å². The number of rotatable bonds is 3. The molecule has 0 radical (unpaired) electrons. The minimum absolute atomic E-state index is 0.0248. The van der Waals surface area contributed by atoms with Gasteiger partial charge in [0.05, 0.1) is 24.3 Å². The van der Waals surface area contributed by atoms with Gasteiger partial charge in [0, 0.05) is 10.5 Å². The highest BCUT2D eigenvalue weighted by Crippen LogP contribution is 2.29. The van der Waals surface area contributed by atoms with Crippen LogP contribution in [0.2, 0.25) is 0 Å². The quantitative estimate of drug-likeness (QED) is 0.926. The van der Waals surface area contributed by atoms with Gasteiger partial charge < -0.3 is 10.1 Å². The van der Waals surface area contributed by atoms with Gasteiger partial charge in [-0.25, -0.2) is 8.42 Å². The number of nitrogens with one attached hydrogen (secondary N) is 1. The van der Waals surface area contributed by atoms with Gasteiger partial charge >= 0.3 is 0 Å². The Morgan fingerprint density at radius 3 is 2.82 bits per heavy atom. The van der Waals surface area contributed by atoms with Crippen LogP contribution in [0, 0.1) is 0 Å². The van der Waals surface area contributed by atoms with E-state index in [0.717, 1.165) is 15.9 Å². The summed E-state index contributed by atoms with van der Waals surface area (Å²) in [5.74, 6) is 1.18. The first-order valence-electron chi connectivity index (χ1n) is 5.31. The monoisotopic (exact) mass is 319 g/mol. The van der Waals surface area contributed by atoms with Crippen LogP contribution in [0.15, 0.2) is 22.7 Å². The van der Waals surface area contributed by atoms with Gasteiger partial charge in [-0.05, 0) is 24.6 Å². The summed E-state index contributed by atoms with van der Waals surface area (Å²) in [6.07, 6.45) is 0.651. The molecule has 17 heavy (non-hydrogen) atoms. The molecule has 0 amide bonds. The molecule has 1 fully saturated rings. The number of ether oxygens (including phenoxy) is 1. The number of methoxy groups -OCH3 is 1. The molecule has 0 spiro atoms. The predicted molar refractivity (Wildman–Crippen MR) is 71.4 cm³/mol. The number of hydrogen-bond acceptors (Lipinski definition) is 4. The second kappa shape index (κ2) is 4.86. The highest BCUT2D eigenvalue weighted by molar-refractivity contribution is 9.10. The van der Waals surface area contributed by atoms with Gasteiger partial charge in [-0.3, -0.25) is 0 Å². The minimum atomic E-state index is -2.86. The van der Waals surface area contributed by atoms with Gasteiger partial charge in [0.2, 0.25) is 0 Å². The fourth-order valence-electron chi connectivity index (χ4n) is 1.92. The third-order valence-corrected chi connectivity index (χ3v) is 5.01. The Morgan fingerprint density at radius 2 is 2.24 bits per heavy atom. The van der Waals surface area contributed by atoms with Crippen molar-refractivity contribution in [3.05, 3.63) is 22.7 Å². The van der Waals surface area contributed by atoms with Crippen LogP contribution in [0.4, 0.5) is 5.69 Å². The molecule has 1 aromatic rings. The molecule has 1 saturated heterocycles. The molecule has 4 nitrogen and oxygen atoms in total. The Morgan fingerprint density at radius 1 is 1.47 bits per heavy atom. The standard InChI is InChI=1S/C11H14BrNO3S/c1-16-11-3-2-8(12)6-10(11)13-9-4-5-17(14,15)7-9/h2-3,6,9,13H,4-5,7H2,1H3. The molecule has 1 atom stereocenters. The molecule has 1 aliphatic rings. The zero-order valence-corrected chi connectivity index (χ0v) is 11.8. The molecule has 0 aromatic heterocycles. The van der Waals surface area contributed by atoms with Gasteiger partial charge in [-0.1, -0.05) is 15.9 Å². The molecule has 0 bridgehead atoms. The van der Waals surface area contributed by atoms with Gasteiger partial charge in [0.1, 0.15) is 5.75 Å². The molecule has 1 N–H and O–H groups in total. The van der Waals surface area contributed by atoms with Crippen LogP contribution in [0.25, 0.3) is 0 Å². The van der Waals surface area contributed by atoms with E-state index in [0.29, 0.717) is 6.42 Å². The van der Waals surface area contributed by atoms with Crippen molar-refractivity contribution in [1.82, 2.24) is 0 Å². The fraction of sp³-hybridized carbons (Fsp3) is 0.455. The van der Waals surface area contributed by atoms with E-state index in [-0.39, 0.29) is 17.5 Å². The molecule has 0 aliphatic carbocycles. The molecule has 1 aliphatic heterocycles. The molecule has 0 saturated carbocycles. The number of benzene rings is 1. The van der Waals surface area contributed by atoms with Gasteiger partial charge in [0.15, 0.2) is 9.84 Å². The second-order valence-electron chi connectivity index (χ2n) is 4.09. The lowest BCUT2D eigenvalue weighted by Gasteiger charge is -2.15. The average molecular weight is 320 g/mol. The molecule has 1 heterocycles. The summed E-state index contributed by atoms with van der Waals surface area (Å²) in [4.78, 5) is 0. The van der Waals surface area contributed by atoms with Crippen molar-refractivity contribution in [3.63, 3.8) is 0 Å². The smallest absolute Gasteiger partial charge is 0.152 e. The number of sulfone groups is 1. The molecular weight excluding hydrogens is 306 g/mol. The second-order valence-corrected chi connectivity index (χ2v) is 7.23. The first-order valence-corrected chi connectivity index (χ1v) is 7.92. The first-order chi connectivity index (χ1) is 8.00. The van der Waals surface area contributed by atoms with Crippen LogP contribution in [-0.4, -0.2) is 33.1 Å².